The van der Waals surface area contributed by atoms with E-state index in [4.69, 9.17) is 11.6 Å². The lowest BCUT2D eigenvalue weighted by atomic mass is 9.99. The van der Waals surface area contributed by atoms with Crippen LogP contribution in [0.15, 0.2) is 52.3 Å². The van der Waals surface area contributed by atoms with Gasteiger partial charge in [-0.1, -0.05) is 17.7 Å². The van der Waals surface area contributed by atoms with E-state index >= 15 is 0 Å². The topological polar surface area (TPSA) is 70.9 Å². The molecule has 0 saturated carbocycles. The quantitative estimate of drug-likeness (QED) is 0.915. The summed E-state index contributed by atoms with van der Waals surface area (Å²) in [5, 5.41) is 7.58. The second-order valence-electron chi connectivity index (χ2n) is 4.88. The Morgan fingerprint density at radius 1 is 1.32 bits per heavy atom. The monoisotopic (exact) mass is 339 g/mol. The second-order valence-corrected chi connectivity index (χ2v) is 7.01. The lowest BCUT2D eigenvalue weighted by Crippen LogP contribution is -2.26. The van der Waals surface area contributed by atoms with E-state index in [1.807, 2.05) is 0 Å². The number of hydrogen-bond donors (Lipinski definition) is 1. The number of nitrogens with one attached hydrogen (secondary N) is 1. The molecule has 5 nitrogen and oxygen atoms in total. The van der Waals surface area contributed by atoms with E-state index in [1.54, 1.807) is 24.4 Å². The van der Waals surface area contributed by atoms with Crippen molar-refractivity contribution in [3.63, 3.8) is 0 Å². The summed E-state index contributed by atoms with van der Waals surface area (Å²) in [7, 11) is -3.63. The molecule has 1 atom stereocenters. The molecule has 0 fully saturated rings. The SMILES string of the molecule is O=S(=O)(Cc1ccc(F)c(Cl)c1)NC1=CC2C=NN=C2C=C1. The third-order valence-corrected chi connectivity index (χ3v) is 4.70. The maximum Gasteiger partial charge on any atom is 0.236 e. The van der Waals surface area contributed by atoms with Gasteiger partial charge in [-0.15, -0.1) is 0 Å². The van der Waals surface area contributed by atoms with E-state index in [2.05, 4.69) is 14.9 Å². The van der Waals surface area contributed by atoms with E-state index in [9.17, 15) is 12.8 Å². The highest BCUT2D eigenvalue weighted by Gasteiger charge is 2.20. The number of allylic oxidation sites excluding steroid dienone is 3. The molecule has 22 heavy (non-hydrogen) atoms. The average Bonchev–Trinajstić information content (AvgIpc) is 2.89. The summed E-state index contributed by atoms with van der Waals surface area (Å²) in [4.78, 5) is 0. The third-order valence-electron chi connectivity index (χ3n) is 3.15. The van der Waals surface area contributed by atoms with Crippen LogP contribution in [0.25, 0.3) is 0 Å². The van der Waals surface area contributed by atoms with Crippen LogP contribution < -0.4 is 4.72 Å². The first-order valence-electron chi connectivity index (χ1n) is 6.38. The van der Waals surface area contributed by atoms with Crippen molar-refractivity contribution in [2.75, 3.05) is 0 Å². The fourth-order valence-corrected chi connectivity index (χ4v) is 3.53. The molecule has 114 valence electrons. The number of nitrogens with zero attached hydrogens (tertiary/aromatic N) is 2. The van der Waals surface area contributed by atoms with Gasteiger partial charge < -0.3 is 0 Å². The summed E-state index contributed by atoms with van der Waals surface area (Å²) < 4.78 is 39.9. The molecule has 1 N–H and O–H groups in total. The zero-order chi connectivity index (χ0) is 15.7. The predicted octanol–water partition coefficient (Wildman–Crippen LogP) is 2.41. The van der Waals surface area contributed by atoms with Crippen LogP contribution in [0, 0.1) is 11.7 Å². The molecule has 1 aromatic carbocycles. The van der Waals surface area contributed by atoms with Crippen molar-refractivity contribution in [1.29, 1.82) is 0 Å². The van der Waals surface area contributed by atoms with Gasteiger partial charge in [-0.3, -0.25) is 4.72 Å². The van der Waals surface area contributed by atoms with E-state index in [0.717, 1.165) is 11.8 Å². The lowest BCUT2D eigenvalue weighted by molar-refractivity contribution is 0.588. The highest BCUT2D eigenvalue weighted by molar-refractivity contribution is 7.88. The maximum atomic E-state index is 13.1. The molecular formula is C14H11ClFN3O2S. The molecular weight excluding hydrogens is 329 g/mol. The van der Waals surface area contributed by atoms with E-state index in [-0.39, 0.29) is 16.7 Å². The molecule has 2 aliphatic rings. The minimum Gasteiger partial charge on any atom is -0.284 e. The van der Waals surface area contributed by atoms with Gasteiger partial charge in [0.2, 0.25) is 10.0 Å². The van der Waals surface area contributed by atoms with Gasteiger partial charge in [0.05, 0.1) is 22.4 Å². The highest BCUT2D eigenvalue weighted by atomic mass is 35.5. The molecule has 1 aliphatic carbocycles. The summed E-state index contributed by atoms with van der Waals surface area (Å²) >= 11 is 5.65. The van der Waals surface area contributed by atoms with Gasteiger partial charge in [-0.05, 0) is 35.9 Å². The molecule has 0 bridgehead atoms. The van der Waals surface area contributed by atoms with Crippen molar-refractivity contribution in [2.24, 2.45) is 16.1 Å². The van der Waals surface area contributed by atoms with Crippen LogP contribution in [-0.4, -0.2) is 20.3 Å². The Hall–Kier alpha value is -1.99. The van der Waals surface area contributed by atoms with Crippen molar-refractivity contribution < 1.29 is 12.8 Å². The Morgan fingerprint density at radius 2 is 2.14 bits per heavy atom. The molecule has 0 aromatic heterocycles. The standard InChI is InChI=1S/C14H11ClFN3O2S/c15-12-5-9(1-3-13(12)16)8-22(20,21)19-11-2-4-14-10(6-11)7-17-18-14/h1-7,10,19H,8H2. The van der Waals surface area contributed by atoms with Crippen molar-refractivity contribution in [1.82, 2.24) is 4.72 Å². The number of fused-ring (bicyclic) bond motifs is 1. The second kappa shape index (κ2) is 5.66. The number of sulfonamides is 1. The molecule has 1 heterocycles. The zero-order valence-electron chi connectivity index (χ0n) is 11.2. The van der Waals surface area contributed by atoms with Gasteiger partial charge in [0, 0.05) is 11.9 Å². The van der Waals surface area contributed by atoms with Crippen molar-refractivity contribution in [3.05, 3.63) is 58.5 Å². The first kappa shape index (κ1) is 14.9. The maximum absolute atomic E-state index is 13.1. The molecule has 1 unspecified atom stereocenters. The summed E-state index contributed by atoms with van der Waals surface area (Å²) in [6, 6.07) is 3.83. The smallest absolute Gasteiger partial charge is 0.236 e. The fourth-order valence-electron chi connectivity index (χ4n) is 2.14. The number of rotatable bonds is 4. The molecule has 3 rings (SSSR count). The van der Waals surface area contributed by atoms with Gasteiger partial charge in [0.25, 0.3) is 0 Å². The Bertz CT molecular complexity index is 844. The Balaban J connectivity index is 1.74. The third kappa shape index (κ3) is 3.26. The summed E-state index contributed by atoms with van der Waals surface area (Å²) in [6.45, 7) is 0. The molecule has 0 amide bonds. The molecule has 0 saturated heterocycles. The minimum atomic E-state index is -3.63. The van der Waals surface area contributed by atoms with Gasteiger partial charge in [-0.2, -0.15) is 10.2 Å². The average molecular weight is 340 g/mol. The zero-order valence-corrected chi connectivity index (χ0v) is 12.8. The van der Waals surface area contributed by atoms with Crippen LogP contribution in [0.4, 0.5) is 4.39 Å². The van der Waals surface area contributed by atoms with Crippen LogP contribution >= 0.6 is 11.6 Å². The van der Waals surface area contributed by atoms with E-state index in [0.29, 0.717) is 11.3 Å². The van der Waals surface area contributed by atoms with Crippen LogP contribution in [-0.2, 0) is 15.8 Å². The summed E-state index contributed by atoms with van der Waals surface area (Å²) in [5.41, 5.74) is 1.63. The highest BCUT2D eigenvalue weighted by Crippen LogP contribution is 2.19. The Labute approximate surface area is 132 Å². The predicted molar refractivity (Wildman–Crippen MR) is 83.8 cm³/mol. The van der Waals surface area contributed by atoms with Crippen LogP contribution in [0.2, 0.25) is 5.02 Å². The van der Waals surface area contributed by atoms with Gasteiger partial charge in [0.1, 0.15) is 5.82 Å². The Kier molecular flexibility index (Phi) is 3.84. The molecule has 1 aliphatic heterocycles. The van der Waals surface area contributed by atoms with Gasteiger partial charge in [0.15, 0.2) is 0 Å². The van der Waals surface area contributed by atoms with E-state index in [1.165, 1.54) is 12.1 Å². The normalized spacial score (nSPS) is 19.6. The van der Waals surface area contributed by atoms with Crippen molar-refractivity contribution in [3.8, 4) is 0 Å². The number of hydrogen-bond acceptors (Lipinski definition) is 4. The van der Waals surface area contributed by atoms with Crippen LogP contribution in [0.5, 0.6) is 0 Å². The lowest BCUT2D eigenvalue weighted by Gasteiger charge is -2.14. The van der Waals surface area contributed by atoms with Gasteiger partial charge in [-0.25, -0.2) is 12.8 Å². The van der Waals surface area contributed by atoms with Crippen LogP contribution in [0.1, 0.15) is 5.56 Å². The number of benzene rings is 1. The fraction of sp³-hybridized carbons (Fsp3) is 0.143. The largest absolute Gasteiger partial charge is 0.284 e. The summed E-state index contributed by atoms with van der Waals surface area (Å²) in [5.74, 6) is -0.985. The Morgan fingerprint density at radius 3 is 2.91 bits per heavy atom. The summed E-state index contributed by atoms with van der Waals surface area (Å²) in [6.07, 6.45) is 6.70. The first-order valence-corrected chi connectivity index (χ1v) is 8.41. The minimum absolute atomic E-state index is 0.104. The first-order chi connectivity index (χ1) is 10.4. The molecule has 0 spiro atoms. The number of halogens is 2. The van der Waals surface area contributed by atoms with Crippen molar-refractivity contribution in [2.45, 2.75) is 5.75 Å². The molecule has 0 radical (unpaired) electrons. The molecule has 1 aromatic rings. The van der Waals surface area contributed by atoms with Crippen molar-refractivity contribution >= 4 is 33.6 Å². The van der Waals surface area contributed by atoms with E-state index < -0.39 is 15.8 Å². The van der Waals surface area contributed by atoms with Gasteiger partial charge >= 0.3 is 0 Å². The van der Waals surface area contributed by atoms with Crippen LogP contribution in [0.3, 0.4) is 0 Å². The molecule has 8 heteroatoms.